The summed E-state index contributed by atoms with van der Waals surface area (Å²) in [6, 6.07) is 2.04. The van der Waals surface area contributed by atoms with Gasteiger partial charge in [0.05, 0.1) is 23.1 Å². The fraction of sp³-hybridized carbons (Fsp3) is 0.524. The minimum absolute atomic E-state index is 0.209. The van der Waals surface area contributed by atoms with Crippen LogP contribution in [0.4, 0.5) is 13.2 Å². The molecule has 32 heavy (non-hydrogen) atoms. The van der Waals surface area contributed by atoms with Crippen molar-refractivity contribution in [2.24, 2.45) is 10.7 Å². The Kier molecular flexibility index (Phi) is 8.47. The molecule has 0 amide bonds. The summed E-state index contributed by atoms with van der Waals surface area (Å²) in [5, 5.41) is 0. The van der Waals surface area contributed by atoms with E-state index in [0.29, 0.717) is 36.6 Å². The van der Waals surface area contributed by atoms with E-state index >= 15 is 0 Å². The van der Waals surface area contributed by atoms with Crippen LogP contribution >= 0.6 is 0 Å². The van der Waals surface area contributed by atoms with Crippen LogP contribution < -0.4 is 10.5 Å². The summed E-state index contributed by atoms with van der Waals surface area (Å²) in [6.07, 6.45) is -2.04. The summed E-state index contributed by atoms with van der Waals surface area (Å²) in [6.45, 7) is 5.01. The van der Waals surface area contributed by atoms with Crippen LogP contribution in [0.3, 0.4) is 0 Å². The van der Waals surface area contributed by atoms with E-state index in [4.69, 9.17) is 10.5 Å². The van der Waals surface area contributed by atoms with Crippen molar-refractivity contribution in [3.05, 3.63) is 41.1 Å². The van der Waals surface area contributed by atoms with Gasteiger partial charge in [-0.1, -0.05) is 13.8 Å². The molecule has 0 spiro atoms. The van der Waals surface area contributed by atoms with Crippen LogP contribution in [0, 0.1) is 0 Å². The molecular formula is C21H28F3N3O4S. The zero-order valence-electron chi connectivity index (χ0n) is 18.2. The summed E-state index contributed by atoms with van der Waals surface area (Å²) in [5.74, 6) is -0.828. The van der Waals surface area contributed by atoms with Gasteiger partial charge < -0.3 is 10.5 Å². The number of hydrogen-bond donors (Lipinski definition) is 2. The number of aliphatic imine (C=N–C) groups is 1. The van der Waals surface area contributed by atoms with Gasteiger partial charge in [-0.05, 0) is 55.9 Å². The first-order chi connectivity index (χ1) is 14.9. The van der Waals surface area contributed by atoms with Gasteiger partial charge in [0, 0.05) is 17.5 Å². The van der Waals surface area contributed by atoms with Crippen molar-refractivity contribution in [3.8, 4) is 0 Å². The molecule has 0 aromatic heterocycles. The number of carbonyl (C=O) groups is 1. The lowest BCUT2D eigenvalue weighted by Gasteiger charge is -2.27. The predicted octanol–water partition coefficient (Wildman–Crippen LogP) is 3.51. The van der Waals surface area contributed by atoms with Crippen molar-refractivity contribution < 1.29 is 31.1 Å². The molecule has 1 aliphatic carbocycles. The smallest absolute Gasteiger partial charge is 0.416 e. The van der Waals surface area contributed by atoms with Crippen LogP contribution in [0.5, 0.6) is 0 Å². The number of hydrogen-bond acceptors (Lipinski definition) is 6. The normalized spacial score (nSPS) is 20.2. The lowest BCUT2D eigenvalue weighted by atomic mass is 9.89. The van der Waals surface area contributed by atoms with Crippen LogP contribution in [-0.2, 0) is 25.7 Å². The van der Waals surface area contributed by atoms with Crippen molar-refractivity contribution >= 4 is 21.7 Å². The molecule has 1 aromatic rings. The summed E-state index contributed by atoms with van der Waals surface area (Å²) in [7, 11) is -4.30. The van der Waals surface area contributed by atoms with Gasteiger partial charge in [-0.3, -0.25) is 9.79 Å². The fourth-order valence-electron chi connectivity index (χ4n) is 3.38. The molecule has 1 aliphatic rings. The zero-order valence-corrected chi connectivity index (χ0v) is 19.0. The number of nitrogens with two attached hydrogens (primary N) is 1. The van der Waals surface area contributed by atoms with Crippen LogP contribution in [0.2, 0.25) is 0 Å². The Morgan fingerprint density at radius 2 is 2.03 bits per heavy atom. The number of nitrogens with one attached hydrogen (secondary N) is 1. The predicted molar refractivity (Wildman–Crippen MR) is 115 cm³/mol. The average Bonchev–Trinajstić information content (AvgIpc) is 2.71. The summed E-state index contributed by atoms with van der Waals surface area (Å²) in [5.41, 5.74) is 5.79. The highest BCUT2D eigenvalue weighted by Gasteiger charge is 2.34. The quantitative estimate of drug-likeness (QED) is 0.587. The molecule has 1 fully saturated rings. The Morgan fingerprint density at radius 3 is 2.59 bits per heavy atom. The Labute approximate surface area is 186 Å². The highest BCUT2D eigenvalue weighted by molar-refractivity contribution is 7.89. The lowest BCUT2D eigenvalue weighted by molar-refractivity contribution is -0.141. The molecule has 0 bridgehead atoms. The van der Waals surface area contributed by atoms with E-state index in [-0.39, 0.29) is 24.6 Å². The van der Waals surface area contributed by atoms with Crippen molar-refractivity contribution in [3.63, 3.8) is 0 Å². The Balaban J connectivity index is 2.35. The number of sulfonamides is 1. The molecule has 1 unspecified atom stereocenters. The molecule has 1 saturated carbocycles. The molecule has 0 saturated heterocycles. The second-order valence-electron chi connectivity index (χ2n) is 7.70. The molecule has 0 heterocycles. The minimum Gasteiger partial charge on any atom is -0.465 e. The first-order valence-electron chi connectivity index (χ1n) is 10.2. The maximum absolute atomic E-state index is 13.3. The number of nitrogens with zero attached hydrogens (tertiary/aromatic N) is 1. The molecule has 7 nitrogen and oxygen atoms in total. The third-order valence-electron chi connectivity index (χ3n) is 5.03. The summed E-state index contributed by atoms with van der Waals surface area (Å²) < 4.78 is 73.3. The molecular weight excluding hydrogens is 447 g/mol. The molecule has 1 aromatic carbocycles. The zero-order chi connectivity index (χ0) is 24.1. The average molecular weight is 476 g/mol. The van der Waals surface area contributed by atoms with Crippen molar-refractivity contribution in [1.29, 1.82) is 0 Å². The first kappa shape index (κ1) is 25.9. The first-order valence-corrected chi connectivity index (χ1v) is 11.7. The van der Waals surface area contributed by atoms with Gasteiger partial charge in [0.15, 0.2) is 0 Å². The number of halogens is 3. The van der Waals surface area contributed by atoms with E-state index in [0.717, 1.165) is 6.07 Å². The van der Waals surface area contributed by atoms with Gasteiger partial charge in [-0.15, -0.1) is 0 Å². The number of carbonyl (C=O) groups excluding carboxylic acids is 1. The third kappa shape index (κ3) is 6.55. The van der Waals surface area contributed by atoms with Gasteiger partial charge in [0.1, 0.15) is 6.54 Å². The molecule has 2 rings (SSSR count). The molecule has 0 radical (unpaired) electrons. The van der Waals surface area contributed by atoms with Gasteiger partial charge in [0.2, 0.25) is 10.0 Å². The molecule has 3 N–H and O–H groups in total. The Morgan fingerprint density at radius 1 is 1.34 bits per heavy atom. The third-order valence-corrected chi connectivity index (χ3v) is 6.48. The van der Waals surface area contributed by atoms with Gasteiger partial charge in [-0.2, -0.15) is 13.2 Å². The highest BCUT2D eigenvalue weighted by Crippen LogP contribution is 2.34. The second-order valence-corrected chi connectivity index (χ2v) is 9.41. The summed E-state index contributed by atoms with van der Waals surface area (Å²) in [4.78, 5) is 15.3. The van der Waals surface area contributed by atoms with E-state index in [1.807, 2.05) is 0 Å². The van der Waals surface area contributed by atoms with Crippen LogP contribution in [0.1, 0.15) is 57.1 Å². The standard InChI is InChI=1S/C21H28F3N3O4S/c1-4-31-20(28)12-26-18-6-5-7-19(17(18)11-25)27-32(29,30)16-9-14(13(2)3)8-15(10-16)21(22,23)24/h8-11,13,19,27H,4-7,12,25H2,1-3H3. The van der Waals surface area contributed by atoms with Crippen molar-refractivity contribution in [2.75, 3.05) is 13.2 Å². The second kappa shape index (κ2) is 10.5. The fourth-order valence-corrected chi connectivity index (χ4v) is 4.70. The lowest BCUT2D eigenvalue weighted by Crippen LogP contribution is -2.41. The van der Waals surface area contributed by atoms with E-state index in [2.05, 4.69) is 9.71 Å². The molecule has 11 heteroatoms. The van der Waals surface area contributed by atoms with E-state index in [9.17, 15) is 26.4 Å². The monoisotopic (exact) mass is 475 g/mol. The van der Waals surface area contributed by atoms with Gasteiger partial charge in [-0.25, -0.2) is 13.1 Å². The summed E-state index contributed by atoms with van der Waals surface area (Å²) >= 11 is 0. The number of rotatable bonds is 7. The molecule has 178 valence electrons. The highest BCUT2D eigenvalue weighted by atomic mass is 32.2. The van der Waals surface area contributed by atoms with Crippen molar-refractivity contribution in [2.45, 2.75) is 63.1 Å². The number of esters is 1. The molecule has 0 aliphatic heterocycles. The van der Waals surface area contributed by atoms with Crippen LogP contribution in [0.25, 0.3) is 0 Å². The van der Waals surface area contributed by atoms with E-state index < -0.39 is 38.7 Å². The van der Waals surface area contributed by atoms with Crippen molar-refractivity contribution in [1.82, 2.24) is 4.72 Å². The van der Waals surface area contributed by atoms with E-state index in [1.54, 1.807) is 20.8 Å². The maximum atomic E-state index is 13.3. The number of ether oxygens (including phenoxy) is 1. The van der Waals surface area contributed by atoms with Gasteiger partial charge >= 0.3 is 12.1 Å². The van der Waals surface area contributed by atoms with Crippen LogP contribution in [-0.4, -0.2) is 39.3 Å². The van der Waals surface area contributed by atoms with Crippen LogP contribution in [0.15, 0.2) is 39.9 Å². The van der Waals surface area contributed by atoms with E-state index in [1.165, 1.54) is 12.3 Å². The Bertz CT molecular complexity index is 1000. The Hall–Kier alpha value is -2.40. The topological polar surface area (TPSA) is 111 Å². The number of alkyl halides is 3. The largest absolute Gasteiger partial charge is 0.465 e. The number of benzene rings is 1. The maximum Gasteiger partial charge on any atom is 0.416 e. The van der Waals surface area contributed by atoms with Gasteiger partial charge in [0.25, 0.3) is 0 Å². The minimum atomic E-state index is -4.69. The molecule has 1 atom stereocenters. The SMILES string of the molecule is CCOC(=O)CN=C1CCCC(NS(=O)(=O)c2cc(C(C)C)cc(C(F)(F)F)c2)C1=CN.